The van der Waals surface area contributed by atoms with Gasteiger partial charge >= 0.3 is 0 Å². The van der Waals surface area contributed by atoms with Crippen molar-refractivity contribution in [3.8, 4) is 11.3 Å². The second-order valence-corrected chi connectivity index (χ2v) is 10.4. The van der Waals surface area contributed by atoms with Crippen molar-refractivity contribution in [1.82, 2.24) is 19.2 Å². The van der Waals surface area contributed by atoms with Crippen LogP contribution in [0, 0.1) is 0 Å². The van der Waals surface area contributed by atoms with E-state index in [9.17, 15) is 13.2 Å². The van der Waals surface area contributed by atoms with E-state index in [4.69, 9.17) is 11.6 Å². The Morgan fingerprint density at radius 2 is 1.56 bits per heavy atom. The minimum Gasteiger partial charge on any atom is -0.336 e. The molecule has 0 saturated carbocycles. The largest absolute Gasteiger partial charge is 0.336 e. The highest BCUT2D eigenvalue weighted by atomic mass is 35.5. The smallest absolute Gasteiger partial charge is 0.255 e. The van der Waals surface area contributed by atoms with Crippen molar-refractivity contribution < 1.29 is 13.2 Å². The van der Waals surface area contributed by atoms with Crippen LogP contribution in [0.4, 0.5) is 0 Å². The molecule has 4 aromatic rings. The summed E-state index contributed by atoms with van der Waals surface area (Å²) in [6.45, 7) is 1.09. The lowest BCUT2D eigenvalue weighted by Crippen LogP contribution is -2.50. The van der Waals surface area contributed by atoms with Crippen molar-refractivity contribution in [3.63, 3.8) is 0 Å². The van der Waals surface area contributed by atoms with Gasteiger partial charge in [-0.25, -0.2) is 8.42 Å². The fourth-order valence-corrected chi connectivity index (χ4v) is 5.67. The molecule has 5 rings (SSSR count). The summed E-state index contributed by atoms with van der Waals surface area (Å²) in [6.07, 6.45) is 4.94. The van der Waals surface area contributed by atoms with Crippen LogP contribution in [0.1, 0.15) is 10.4 Å². The van der Waals surface area contributed by atoms with E-state index in [0.717, 1.165) is 22.0 Å². The van der Waals surface area contributed by atoms with E-state index in [1.165, 1.54) is 4.31 Å². The van der Waals surface area contributed by atoms with Gasteiger partial charge in [-0.1, -0.05) is 23.7 Å². The maximum Gasteiger partial charge on any atom is 0.255 e. The van der Waals surface area contributed by atoms with E-state index in [0.29, 0.717) is 23.7 Å². The number of hydrogen-bond donors (Lipinski definition) is 0. The summed E-state index contributed by atoms with van der Waals surface area (Å²) in [7, 11) is -3.67. The first-order valence-electron chi connectivity index (χ1n) is 10.8. The summed E-state index contributed by atoms with van der Waals surface area (Å²) in [5.41, 5.74) is 2.15. The number of carbonyl (C=O) groups is 1. The maximum atomic E-state index is 13.2. The number of benzene rings is 2. The van der Waals surface area contributed by atoms with Crippen molar-refractivity contribution in [3.05, 3.63) is 89.8 Å². The molecule has 0 unspecified atom stereocenters. The Hall–Kier alpha value is -3.33. The Morgan fingerprint density at radius 3 is 2.26 bits per heavy atom. The van der Waals surface area contributed by atoms with Crippen molar-refractivity contribution in [2.24, 2.45) is 0 Å². The Morgan fingerprint density at radius 1 is 0.853 bits per heavy atom. The molecule has 2 aromatic heterocycles. The van der Waals surface area contributed by atoms with Gasteiger partial charge in [0, 0.05) is 55.4 Å². The lowest BCUT2D eigenvalue weighted by molar-refractivity contribution is 0.0697. The monoisotopic (exact) mass is 492 g/mol. The van der Waals surface area contributed by atoms with Gasteiger partial charge < -0.3 is 4.90 Å². The molecule has 0 aliphatic carbocycles. The maximum absolute atomic E-state index is 13.2. The van der Waals surface area contributed by atoms with Gasteiger partial charge in [0.2, 0.25) is 10.0 Å². The van der Waals surface area contributed by atoms with E-state index in [-0.39, 0.29) is 23.9 Å². The molecule has 0 N–H and O–H groups in total. The van der Waals surface area contributed by atoms with Crippen LogP contribution in [0.2, 0.25) is 5.02 Å². The number of amides is 1. The molecule has 34 heavy (non-hydrogen) atoms. The highest BCUT2D eigenvalue weighted by Gasteiger charge is 2.30. The molecule has 0 bridgehead atoms. The lowest BCUT2D eigenvalue weighted by Gasteiger charge is -2.34. The third kappa shape index (κ3) is 4.40. The number of piperazine rings is 1. The molecule has 9 heteroatoms. The SMILES string of the molecule is O=C(c1ccc(-c2ccncc2)nc1)N1CCN(S(=O)(=O)c2ccc3cc(Cl)ccc3c2)CC1. The van der Waals surface area contributed by atoms with E-state index in [1.807, 2.05) is 12.1 Å². The molecule has 1 saturated heterocycles. The van der Waals surface area contributed by atoms with Crippen LogP contribution in [0.3, 0.4) is 0 Å². The van der Waals surface area contributed by atoms with Crippen LogP contribution in [0.15, 0.2) is 84.1 Å². The number of rotatable bonds is 4. The zero-order chi connectivity index (χ0) is 23.7. The van der Waals surface area contributed by atoms with Gasteiger partial charge in [0.1, 0.15) is 0 Å². The standard InChI is InChI=1S/C25H21ClN4O3S/c26-22-4-1-20-16-23(5-2-19(20)15-22)34(32,33)30-13-11-29(12-14-30)25(31)21-3-6-24(28-17-21)18-7-9-27-10-8-18/h1-10,15-17H,11-14H2. The molecule has 7 nitrogen and oxygen atoms in total. The fourth-order valence-electron chi connectivity index (χ4n) is 4.03. The molecular formula is C25H21ClN4O3S. The van der Waals surface area contributed by atoms with Gasteiger partial charge in [-0.05, 0) is 59.3 Å². The molecule has 0 atom stereocenters. The minimum absolute atomic E-state index is 0.159. The van der Waals surface area contributed by atoms with Crippen LogP contribution < -0.4 is 0 Å². The molecular weight excluding hydrogens is 472 g/mol. The number of hydrogen-bond acceptors (Lipinski definition) is 5. The topological polar surface area (TPSA) is 83.5 Å². The van der Waals surface area contributed by atoms with Gasteiger partial charge in [-0.3, -0.25) is 14.8 Å². The quantitative estimate of drug-likeness (QED) is 0.428. The van der Waals surface area contributed by atoms with E-state index < -0.39 is 10.0 Å². The number of sulfonamides is 1. The number of carbonyl (C=O) groups excluding carboxylic acids is 1. The highest BCUT2D eigenvalue weighted by Crippen LogP contribution is 2.25. The first-order valence-corrected chi connectivity index (χ1v) is 12.6. The summed E-state index contributed by atoms with van der Waals surface area (Å²) in [6, 6.07) is 17.6. The predicted molar refractivity (Wildman–Crippen MR) is 131 cm³/mol. The number of nitrogens with zero attached hydrogens (tertiary/aromatic N) is 4. The molecule has 2 aromatic carbocycles. The molecule has 1 aliphatic rings. The first-order chi connectivity index (χ1) is 16.4. The minimum atomic E-state index is -3.67. The second kappa shape index (κ2) is 9.13. The van der Waals surface area contributed by atoms with Crippen LogP contribution >= 0.6 is 11.6 Å². The summed E-state index contributed by atoms with van der Waals surface area (Å²) < 4.78 is 27.8. The van der Waals surface area contributed by atoms with Gasteiger partial charge in [0.15, 0.2) is 0 Å². The van der Waals surface area contributed by atoms with Crippen LogP contribution in [0.25, 0.3) is 22.0 Å². The zero-order valence-electron chi connectivity index (χ0n) is 18.1. The Kier molecular flexibility index (Phi) is 6.03. The highest BCUT2D eigenvalue weighted by molar-refractivity contribution is 7.89. The Bertz CT molecular complexity index is 1450. The number of halogens is 1. The average molecular weight is 493 g/mol. The van der Waals surface area contributed by atoms with Gasteiger partial charge in [-0.15, -0.1) is 0 Å². The first kappa shape index (κ1) is 22.5. The van der Waals surface area contributed by atoms with Crippen LogP contribution in [-0.2, 0) is 10.0 Å². The summed E-state index contributed by atoms with van der Waals surface area (Å²) in [4.78, 5) is 23.2. The lowest BCUT2D eigenvalue weighted by atomic mass is 10.1. The van der Waals surface area contributed by atoms with Gasteiger partial charge in [0.25, 0.3) is 5.91 Å². The van der Waals surface area contributed by atoms with E-state index >= 15 is 0 Å². The normalized spacial score (nSPS) is 14.9. The summed E-state index contributed by atoms with van der Waals surface area (Å²) >= 11 is 6.02. The molecule has 1 fully saturated rings. The molecule has 1 aliphatic heterocycles. The number of pyridine rings is 2. The van der Waals surface area contributed by atoms with Crippen molar-refractivity contribution in [2.75, 3.05) is 26.2 Å². The van der Waals surface area contributed by atoms with E-state index in [2.05, 4.69) is 9.97 Å². The van der Waals surface area contributed by atoms with Crippen LogP contribution in [0.5, 0.6) is 0 Å². The second-order valence-electron chi connectivity index (χ2n) is 8.02. The van der Waals surface area contributed by atoms with Gasteiger partial charge in [-0.2, -0.15) is 4.31 Å². The number of fused-ring (bicyclic) bond motifs is 1. The fraction of sp³-hybridized carbons (Fsp3) is 0.160. The van der Waals surface area contributed by atoms with Gasteiger partial charge in [0.05, 0.1) is 16.2 Å². The average Bonchev–Trinajstić information content (AvgIpc) is 2.88. The van der Waals surface area contributed by atoms with E-state index in [1.54, 1.807) is 72.0 Å². The van der Waals surface area contributed by atoms with Crippen LogP contribution in [-0.4, -0.2) is 59.7 Å². The molecule has 3 heterocycles. The zero-order valence-corrected chi connectivity index (χ0v) is 19.7. The number of aromatic nitrogens is 2. The van der Waals surface area contributed by atoms with Crippen molar-refractivity contribution in [1.29, 1.82) is 0 Å². The summed E-state index contributed by atoms with van der Waals surface area (Å²) in [5.74, 6) is -0.159. The third-order valence-electron chi connectivity index (χ3n) is 5.92. The third-order valence-corrected chi connectivity index (χ3v) is 8.05. The Labute approximate surface area is 202 Å². The molecule has 172 valence electrons. The van der Waals surface area contributed by atoms with Crippen molar-refractivity contribution >= 4 is 38.3 Å². The predicted octanol–water partition coefficient (Wildman–Crippen LogP) is 4.10. The Balaban J connectivity index is 1.27. The molecule has 1 amide bonds. The summed E-state index contributed by atoms with van der Waals surface area (Å²) in [5, 5.41) is 2.29. The molecule has 0 radical (unpaired) electrons. The molecule has 0 spiro atoms. The van der Waals surface area contributed by atoms with Crippen molar-refractivity contribution in [2.45, 2.75) is 4.90 Å².